The van der Waals surface area contributed by atoms with Gasteiger partial charge in [-0.1, -0.05) is 6.07 Å². The molecule has 2 rings (SSSR count). The number of phenolic OH excluding ortho intramolecular Hbond substituents is 1. The Morgan fingerprint density at radius 1 is 0.958 bits per heavy atom. The summed E-state index contributed by atoms with van der Waals surface area (Å²) in [5.74, 6) is -0.355. The highest BCUT2D eigenvalue weighted by Crippen LogP contribution is 2.28. The zero-order valence-electron chi connectivity index (χ0n) is 12.3. The van der Waals surface area contributed by atoms with Gasteiger partial charge in [-0.05, 0) is 18.6 Å². The van der Waals surface area contributed by atoms with Crippen molar-refractivity contribution in [1.82, 2.24) is 0 Å². The highest BCUT2D eigenvalue weighted by molar-refractivity contribution is 6.01. The van der Waals surface area contributed by atoms with Gasteiger partial charge in [0.15, 0.2) is 0 Å². The first kappa shape index (κ1) is 16.7. The summed E-state index contributed by atoms with van der Waals surface area (Å²) < 4.78 is 0. The molecule has 2 aromatic carbocycles. The molecule has 0 radical (unpaired) electrons. The molecule has 0 spiro atoms. The topological polar surface area (TPSA) is 148 Å². The zero-order valence-corrected chi connectivity index (χ0v) is 12.3. The SMILES string of the molecule is Cc1ccc([N+](=O)[O-])cc1NC(=O)Nc1cc([N+](=O)[O-])ccc1O. The first-order valence-corrected chi connectivity index (χ1v) is 6.58. The van der Waals surface area contributed by atoms with E-state index in [1.165, 1.54) is 18.2 Å². The molecule has 0 aliphatic carbocycles. The fourth-order valence-electron chi connectivity index (χ4n) is 1.87. The van der Waals surface area contributed by atoms with Crippen molar-refractivity contribution >= 4 is 28.8 Å². The Morgan fingerprint density at radius 2 is 1.46 bits per heavy atom. The van der Waals surface area contributed by atoms with Crippen LogP contribution in [0.25, 0.3) is 0 Å². The zero-order chi connectivity index (χ0) is 17.9. The van der Waals surface area contributed by atoms with Crippen molar-refractivity contribution in [2.45, 2.75) is 6.92 Å². The van der Waals surface area contributed by atoms with Gasteiger partial charge in [0.25, 0.3) is 11.4 Å². The van der Waals surface area contributed by atoms with Crippen LogP contribution in [0.5, 0.6) is 5.75 Å². The monoisotopic (exact) mass is 332 g/mol. The van der Waals surface area contributed by atoms with Gasteiger partial charge in [0.2, 0.25) is 0 Å². The molecule has 0 aliphatic rings. The summed E-state index contributed by atoms with van der Waals surface area (Å²) in [5.41, 5.74) is 0.110. The average molecular weight is 332 g/mol. The molecular weight excluding hydrogens is 320 g/mol. The third kappa shape index (κ3) is 3.74. The summed E-state index contributed by atoms with van der Waals surface area (Å²) in [5, 5.41) is 35.8. The number of non-ortho nitro benzene ring substituents is 2. The molecule has 0 fully saturated rings. The molecule has 0 heterocycles. The van der Waals surface area contributed by atoms with Crippen molar-refractivity contribution in [2.75, 3.05) is 10.6 Å². The van der Waals surface area contributed by atoms with Gasteiger partial charge in [0, 0.05) is 24.3 Å². The maximum Gasteiger partial charge on any atom is 0.323 e. The molecular formula is C14H12N4O6. The maximum atomic E-state index is 12.0. The van der Waals surface area contributed by atoms with E-state index < -0.39 is 15.9 Å². The van der Waals surface area contributed by atoms with Gasteiger partial charge in [-0.2, -0.15) is 0 Å². The third-order valence-corrected chi connectivity index (χ3v) is 3.12. The number of aryl methyl sites for hydroxylation is 1. The molecule has 0 aromatic heterocycles. The number of carbonyl (C=O) groups excluding carboxylic acids is 1. The summed E-state index contributed by atoms with van der Waals surface area (Å²) in [6.07, 6.45) is 0. The molecule has 0 unspecified atom stereocenters. The summed E-state index contributed by atoms with van der Waals surface area (Å²) in [7, 11) is 0. The number of nitrogens with one attached hydrogen (secondary N) is 2. The average Bonchev–Trinajstić information content (AvgIpc) is 2.51. The number of urea groups is 1. The van der Waals surface area contributed by atoms with Crippen molar-refractivity contribution in [1.29, 1.82) is 0 Å². The summed E-state index contributed by atoms with van der Waals surface area (Å²) in [4.78, 5) is 32.2. The molecule has 0 saturated heterocycles. The van der Waals surface area contributed by atoms with Crippen LogP contribution in [0.2, 0.25) is 0 Å². The van der Waals surface area contributed by atoms with E-state index in [4.69, 9.17) is 0 Å². The second-order valence-corrected chi connectivity index (χ2v) is 4.79. The van der Waals surface area contributed by atoms with Gasteiger partial charge in [-0.25, -0.2) is 4.79 Å². The number of rotatable bonds is 4. The van der Waals surface area contributed by atoms with Crippen LogP contribution in [-0.4, -0.2) is 21.0 Å². The Balaban J connectivity index is 2.20. The lowest BCUT2D eigenvalue weighted by atomic mass is 10.2. The minimum Gasteiger partial charge on any atom is -0.506 e. The molecule has 124 valence electrons. The number of nitro groups is 2. The number of phenols is 1. The Morgan fingerprint density at radius 3 is 2.04 bits per heavy atom. The largest absolute Gasteiger partial charge is 0.506 e. The standard InChI is InChI=1S/C14H12N4O6/c1-8-2-3-9(17(21)22)6-11(8)15-14(20)16-12-7-10(18(23)24)4-5-13(12)19/h2-7,19H,1H3,(H2,15,16,20). The van der Waals surface area contributed by atoms with Crippen LogP contribution in [0.1, 0.15) is 5.56 Å². The Hall–Kier alpha value is -3.69. The fraction of sp³-hybridized carbons (Fsp3) is 0.0714. The predicted molar refractivity (Wildman–Crippen MR) is 85.2 cm³/mol. The number of benzene rings is 2. The van der Waals surface area contributed by atoms with E-state index in [1.807, 2.05) is 0 Å². The first-order valence-electron chi connectivity index (χ1n) is 6.58. The number of aromatic hydroxyl groups is 1. The highest BCUT2D eigenvalue weighted by Gasteiger charge is 2.14. The number of nitrogens with zero attached hydrogens (tertiary/aromatic N) is 2. The molecule has 0 aliphatic heterocycles. The lowest BCUT2D eigenvalue weighted by Gasteiger charge is -2.10. The molecule has 0 saturated carbocycles. The third-order valence-electron chi connectivity index (χ3n) is 3.12. The predicted octanol–water partition coefficient (Wildman–Crippen LogP) is 3.16. The van der Waals surface area contributed by atoms with E-state index in [9.17, 15) is 30.1 Å². The van der Waals surface area contributed by atoms with E-state index in [1.54, 1.807) is 6.92 Å². The second kappa shape index (κ2) is 6.60. The second-order valence-electron chi connectivity index (χ2n) is 4.79. The van der Waals surface area contributed by atoms with Crippen LogP contribution in [-0.2, 0) is 0 Å². The van der Waals surface area contributed by atoms with Crippen LogP contribution < -0.4 is 10.6 Å². The smallest absolute Gasteiger partial charge is 0.323 e. The normalized spacial score (nSPS) is 10.0. The number of anilines is 2. The van der Waals surface area contributed by atoms with E-state index in [0.29, 0.717) is 5.56 Å². The van der Waals surface area contributed by atoms with E-state index in [0.717, 1.165) is 18.2 Å². The van der Waals surface area contributed by atoms with Crippen LogP contribution in [0.15, 0.2) is 36.4 Å². The summed E-state index contributed by atoms with van der Waals surface area (Å²) >= 11 is 0. The van der Waals surface area contributed by atoms with Gasteiger partial charge >= 0.3 is 6.03 Å². The Bertz CT molecular complexity index is 769. The lowest BCUT2D eigenvalue weighted by Crippen LogP contribution is -2.20. The van der Waals surface area contributed by atoms with Crippen molar-refractivity contribution in [3.8, 4) is 5.75 Å². The summed E-state index contributed by atoms with van der Waals surface area (Å²) in [6.45, 7) is 1.64. The maximum absolute atomic E-state index is 12.0. The molecule has 24 heavy (non-hydrogen) atoms. The van der Waals surface area contributed by atoms with Crippen molar-refractivity contribution in [2.24, 2.45) is 0 Å². The minimum atomic E-state index is -0.811. The van der Waals surface area contributed by atoms with Gasteiger partial charge in [0.05, 0.1) is 21.2 Å². The van der Waals surface area contributed by atoms with Crippen molar-refractivity contribution in [3.63, 3.8) is 0 Å². The molecule has 0 bridgehead atoms. The number of hydrogen-bond donors (Lipinski definition) is 3. The van der Waals surface area contributed by atoms with Gasteiger partial charge < -0.3 is 15.7 Å². The van der Waals surface area contributed by atoms with E-state index in [2.05, 4.69) is 10.6 Å². The molecule has 2 aromatic rings. The highest BCUT2D eigenvalue weighted by atomic mass is 16.6. The number of hydrogen-bond acceptors (Lipinski definition) is 6. The molecule has 3 N–H and O–H groups in total. The first-order chi connectivity index (χ1) is 11.3. The van der Waals surface area contributed by atoms with Crippen LogP contribution in [0.3, 0.4) is 0 Å². The molecule has 10 nitrogen and oxygen atoms in total. The molecule has 10 heteroatoms. The lowest BCUT2D eigenvalue weighted by molar-refractivity contribution is -0.385. The quantitative estimate of drug-likeness (QED) is 0.445. The van der Waals surface area contributed by atoms with Crippen LogP contribution in [0, 0.1) is 27.2 Å². The van der Waals surface area contributed by atoms with E-state index in [-0.39, 0.29) is 28.5 Å². The van der Waals surface area contributed by atoms with Gasteiger partial charge in [-0.15, -0.1) is 0 Å². The Labute approximate surface area is 135 Å². The van der Waals surface area contributed by atoms with Crippen LogP contribution in [0.4, 0.5) is 27.5 Å². The number of carbonyl (C=O) groups is 1. The fourth-order valence-corrected chi connectivity index (χ4v) is 1.87. The van der Waals surface area contributed by atoms with Crippen molar-refractivity contribution in [3.05, 3.63) is 62.2 Å². The van der Waals surface area contributed by atoms with Gasteiger partial charge in [-0.3, -0.25) is 20.2 Å². The van der Waals surface area contributed by atoms with Crippen molar-refractivity contribution < 1.29 is 19.7 Å². The Kier molecular flexibility index (Phi) is 4.59. The summed E-state index contributed by atoms with van der Waals surface area (Å²) in [6, 6.07) is 6.30. The van der Waals surface area contributed by atoms with Gasteiger partial charge in [0.1, 0.15) is 5.75 Å². The number of nitro benzene ring substituents is 2. The van der Waals surface area contributed by atoms with E-state index >= 15 is 0 Å². The minimum absolute atomic E-state index is 0.162. The number of amides is 2. The van der Waals surface area contributed by atoms with Crippen LogP contribution >= 0.6 is 0 Å². The molecule has 2 amide bonds. The molecule has 0 atom stereocenters.